The first kappa shape index (κ1) is 10.6. The lowest BCUT2D eigenvalue weighted by Gasteiger charge is -2.01. The molecule has 14 heavy (non-hydrogen) atoms. The molecule has 0 atom stereocenters. The van der Waals surface area contributed by atoms with E-state index in [1.807, 2.05) is 0 Å². The standard InChI is InChI=1S/C8H6BrNO4/c1-4(11)5-2-7(10(13)14)6(9)3-8(5)12/h2-3,12H,1H3. The number of phenols is 1. The predicted octanol–water partition coefficient (Wildman–Crippen LogP) is 2.27. The summed E-state index contributed by atoms with van der Waals surface area (Å²) in [5.74, 6) is -0.687. The molecule has 0 spiro atoms. The second-order valence-corrected chi connectivity index (χ2v) is 3.49. The molecule has 74 valence electrons. The fraction of sp³-hybridized carbons (Fsp3) is 0.125. The van der Waals surface area contributed by atoms with Gasteiger partial charge in [0.1, 0.15) is 5.75 Å². The normalized spacial score (nSPS) is 9.86. The van der Waals surface area contributed by atoms with Crippen LogP contribution in [-0.2, 0) is 0 Å². The maximum atomic E-state index is 11.0. The fourth-order valence-corrected chi connectivity index (χ4v) is 1.45. The van der Waals surface area contributed by atoms with Crippen LogP contribution in [0.1, 0.15) is 17.3 Å². The van der Waals surface area contributed by atoms with Gasteiger partial charge in [-0.3, -0.25) is 14.9 Å². The van der Waals surface area contributed by atoms with Crippen LogP contribution in [0.4, 0.5) is 5.69 Å². The van der Waals surface area contributed by atoms with Crippen LogP contribution < -0.4 is 0 Å². The zero-order valence-corrected chi connectivity index (χ0v) is 8.74. The van der Waals surface area contributed by atoms with E-state index in [0.29, 0.717) is 0 Å². The van der Waals surface area contributed by atoms with Gasteiger partial charge in [0.2, 0.25) is 0 Å². The SMILES string of the molecule is CC(=O)c1cc([N+](=O)[O-])c(Br)cc1O. The molecule has 1 aromatic carbocycles. The Balaban J connectivity index is 3.42. The largest absolute Gasteiger partial charge is 0.507 e. The van der Waals surface area contributed by atoms with Crippen molar-refractivity contribution in [1.29, 1.82) is 0 Å². The van der Waals surface area contributed by atoms with Crippen molar-refractivity contribution in [3.63, 3.8) is 0 Å². The third-order valence-corrected chi connectivity index (χ3v) is 2.28. The van der Waals surface area contributed by atoms with Crippen molar-refractivity contribution < 1.29 is 14.8 Å². The van der Waals surface area contributed by atoms with Crippen molar-refractivity contribution in [2.45, 2.75) is 6.92 Å². The topological polar surface area (TPSA) is 80.4 Å². The number of carbonyl (C=O) groups is 1. The summed E-state index contributed by atoms with van der Waals surface area (Å²) in [5, 5.41) is 19.8. The lowest BCUT2D eigenvalue weighted by atomic mass is 10.1. The Kier molecular flexibility index (Phi) is 2.85. The van der Waals surface area contributed by atoms with E-state index in [-0.39, 0.29) is 21.5 Å². The van der Waals surface area contributed by atoms with Crippen LogP contribution in [0.3, 0.4) is 0 Å². The molecule has 0 saturated carbocycles. The first-order valence-corrected chi connectivity index (χ1v) is 4.40. The molecule has 1 N–H and O–H groups in total. The van der Waals surface area contributed by atoms with Gasteiger partial charge in [0.25, 0.3) is 5.69 Å². The van der Waals surface area contributed by atoms with Gasteiger partial charge in [-0.1, -0.05) is 0 Å². The highest BCUT2D eigenvalue weighted by molar-refractivity contribution is 9.10. The number of nitro groups is 1. The van der Waals surface area contributed by atoms with Crippen LogP contribution in [0.5, 0.6) is 5.75 Å². The van der Waals surface area contributed by atoms with Gasteiger partial charge in [-0.15, -0.1) is 0 Å². The Morgan fingerprint density at radius 2 is 2.14 bits per heavy atom. The number of benzene rings is 1. The molecular formula is C8H6BrNO4. The molecule has 1 aromatic rings. The Labute approximate surface area is 87.6 Å². The molecule has 0 unspecified atom stereocenters. The summed E-state index contributed by atoms with van der Waals surface area (Å²) in [4.78, 5) is 20.8. The van der Waals surface area contributed by atoms with Crippen LogP contribution >= 0.6 is 15.9 Å². The van der Waals surface area contributed by atoms with E-state index in [4.69, 9.17) is 0 Å². The predicted molar refractivity (Wildman–Crippen MR) is 52.5 cm³/mol. The van der Waals surface area contributed by atoms with Crippen molar-refractivity contribution in [2.75, 3.05) is 0 Å². The van der Waals surface area contributed by atoms with E-state index < -0.39 is 10.7 Å². The van der Waals surface area contributed by atoms with Crippen molar-refractivity contribution in [3.05, 3.63) is 32.3 Å². The summed E-state index contributed by atoms with van der Waals surface area (Å²) in [5.41, 5.74) is -0.298. The summed E-state index contributed by atoms with van der Waals surface area (Å²) in [7, 11) is 0. The molecule has 5 nitrogen and oxygen atoms in total. The highest BCUT2D eigenvalue weighted by Gasteiger charge is 2.18. The molecule has 0 heterocycles. The van der Waals surface area contributed by atoms with Crippen LogP contribution in [0.15, 0.2) is 16.6 Å². The maximum Gasteiger partial charge on any atom is 0.284 e. The molecule has 0 aliphatic carbocycles. The maximum absolute atomic E-state index is 11.0. The summed E-state index contributed by atoms with van der Waals surface area (Å²) in [6, 6.07) is 2.18. The number of nitro benzene ring substituents is 1. The Morgan fingerprint density at radius 3 is 2.57 bits per heavy atom. The quantitative estimate of drug-likeness (QED) is 0.502. The molecule has 0 bridgehead atoms. The Hall–Kier alpha value is -1.43. The first-order valence-electron chi connectivity index (χ1n) is 3.61. The van der Waals surface area contributed by atoms with Crippen LogP contribution in [0.25, 0.3) is 0 Å². The van der Waals surface area contributed by atoms with Gasteiger partial charge in [-0.05, 0) is 22.9 Å². The molecule has 0 aliphatic heterocycles. The van der Waals surface area contributed by atoms with E-state index in [1.54, 1.807) is 0 Å². The lowest BCUT2D eigenvalue weighted by Crippen LogP contribution is -1.96. The van der Waals surface area contributed by atoms with E-state index in [9.17, 15) is 20.0 Å². The highest BCUT2D eigenvalue weighted by atomic mass is 79.9. The molecule has 0 saturated heterocycles. The summed E-state index contributed by atoms with van der Waals surface area (Å²) in [6.07, 6.45) is 0. The smallest absolute Gasteiger partial charge is 0.284 e. The Morgan fingerprint density at radius 1 is 1.57 bits per heavy atom. The monoisotopic (exact) mass is 259 g/mol. The molecular weight excluding hydrogens is 254 g/mol. The number of ketones is 1. The number of hydrogen-bond acceptors (Lipinski definition) is 4. The molecule has 1 rings (SSSR count). The lowest BCUT2D eigenvalue weighted by molar-refractivity contribution is -0.385. The third kappa shape index (κ3) is 1.90. The van der Waals surface area contributed by atoms with Crippen LogP contribution in [0, 0.1) is 10.1 Å². The number of phenolic OH excluding ortho intramolecular Hbond substituents is 1. The second kappa shape index (κ2) is 3.75. The molecule has 0 fully saturated rings. The molecule has 0 radical (unpaired) electrons. The number of halogens is 1. The zero-order valence-electron chi connectivity index (χ0n) is 7.15. The minimum absolute atomic E-state index is 0.0556. The number of rotatable bonds is 2. The van der Waals surface area contributed by atoms with Crippen molar-refractivity contribution >= 4 is 27.4 Å². The Bertz CT molecular complexity index is 381. The third-order valence-electron chi connectivity index (χ3n) is 1.64. The summed E-state index contributed by atoms with van der Waals surface area (Å²) < 4.78 is 0.144. The fourth-order valence-electron chi connectivity index (χ4n) is 0.973. The number of aromatic hydroxyl groups is 1. The summed E-state index contributed by atoms with van der Waals surface area (Å²) in [6.45, 7) is 1.23. The minimum Gasteiger partial charge on any atom is -0.507 e. The van der Waals surface area contributed by atoms with E-state index in [0.717, 1.165) is 12.1 Å². The highest BCUT2D eigenvalue weighted by Crippen LogP contribution is 2.31. The van der Waals surface area contributed by atoms with Gasteiger partial charge in [-0.2, -0.15) is 0 Å². The van der Waals surface area contributed by atoms with Gasteiger partial charge in [-0.25, -0.2) is 0 Å². The summed E-state index contributed by atoms with van der Waals surface area (Å²) >= 11 is 2.92. The molecule has 0 aliphatic rings. The van der Waals surface area contributed by atoms with E-state index in [2.05, 4.69) is 15.9 Å². The molecule has 0 aromatic heterocycles. The molecule has 6 heteroatoms. The average molecular weight is 260 g/mol. The number of Topliss-reactive ketones (excluding diaryl/α,β-unsaturated/α-hetero) is 1. The molecule has 0 amide bonds. The van der Waals surface area contributed by atoms with Crippen molar-refractivity contribution in [1.82, 2.24) is 0 Å². The number of carbonyl (C=O) groups excluding carboxylic acids is 1. The zero-order chi connectivity index (χ0) is 10.9. The van der Waals surface area contributed by atoms with Crippen molar-refractivity contribution in [3.8, 4) is 5.75 Å². The minimum atomic E-state index is -0.629. The van der Waals surface area contributed by atoms with Crippen LogP contribution in [0.2, 0.25) is 0 Å². The number of nitrogens with zero attached hydrogens (tertiary/aromatic N) is 1. The number of hydrogen-bond donors (Lipinski definition) is 1. The van der Waals surface area contributed by atoms with Crippen molar-refractivity contribution in [2.24, 2.45) is 0 Å². The van der Waals surface area contributed by atoms with E-state index in [1.165, 1.54) is 6.92 Å². The second-order valence-electron chi connectivity index (χ2n) is 2.63. The van der Waals surface area contributed by atoms with Crippen LogP contribution in [-0.4, -0.2) is 15.8 Å². The van der Waals surface area contributed by atoms with E-state index >= 15 is 0 Å². The van der Waals surface area contributed by atoms with Gasteiger partial charge in [0.15, 0.2) is 5.78 Å². The van der Waals surface area contributed by atoms with Gasteiger partial charge in [0, 0.05) is 12.1 Å². The first-order chi connectivity index (χ1) is 6.43. The average Bonchev–Trinajstić information content (AvgIpc) is 2.02. The van der Waals surface area contributed by atoms with Gasteiger partial charge in [0.05, 0.1) is 15.0 Å². The van der Waals surface area contributed by atoms with Gasteiger partial charge < -0.3 is 5.11 Å². The van der Waals surface area contributed by atoms with Gasteiger partial charge >= 0.3 is 0 Å².